The second-order valence-corrected chi connectivity index (χ2v) is 7.61. The van der Waals surface area contributed by atoms with Gasteiger partial charge in [-0.05, 0) is 25.5 Å². The van der Waals surface area contributed by atoms with Crippen molar-refractivity contribution in [3.63, 3.8) is 0 Å². The molecule has 0 unspecified atom stereocenters. The number of aromatic nitrogens is 2. The van der Waals surface area contributed by atoms with E-state index in [0.717, 1.165) is 44.0 Å². The first-order chi connectivity index (χ1) is 14.2. The van der Waals surface area contributed by atoms with Gasteiger partial charge in [0.05, 0.1) is 6.54 Å². The molecule has 6 nitrogen and oxygen atoms in total. The molecule has 0 atom stereocenters. The van der Waals surface area contributed by atoms with Crippen molar-refractivity contribution in [2.45, 2.75) is 20.4 Å². The molecule has 1 aromatic heterocycles. The highest BCUT2D eigenvalue weighted by Gasteiger charge is 2.19. The number of benzene rings is 2. The van der Waals surface area contributed by atoms with Crippen LogP contribution in [0.25, 0.3) is 11.4 Å². The van der Waals surface area contributed by atoms with Gasteiger partial charge in [0.2, 0.25) is 11.7 Å². The van der Waals surface area contributed by atoms with Crippen LogP contribution in [0.15, 0.2) is 53.1 Å². The summed E-state index contributed by atoms with van der Waals surface area (Å²) >= 11 is 0. The monoisotopic (exact) mass is 392 g/mol. The molecule has 2 heterocycles. The van der Waals surface area contributed by atoms with Crippen LogP contribution in [0, 0.1) is 13.8 Å². The summed E-state index contributed by atoms with van der Waals surface area (Å²) in [6.07, 6.45) is 0. The van der Waals surface area contributed by atoms with Gasteiger partial charge in [0, 0.05) is 38.3 Å². The largest absolute Gasteiger partial charge is 0.492 e. The Morgan fingerprint density at radius 1 is 0.931 bits per heavy atom. The van der Waals surface area contributed by atoms with E-state index in [0.29, 0.717) is 24.9 Å². The van der Waals surface area contributed by atoms with Crippen molar-refractivity contribution < 1.29 is 9.26 Å². The van der Waals surface area contributed by atoms with Crippen LogP contribution >= 0.6 is 0 Å². The number of aryl methyl sites for hydroxylation is 2. The first kappa shape index (κ1) is 19.6. The average molecular weight is 393 g/mol. The van der Waals surface area contributed by atoms with Crippen LogP contribution in [0.1, 0.15) is 17.0 Å². The van der Waals surface area contributed by atoms with Crippen LogP contribution in [0.4, 0.5) is 0 Å². The van der Waals surface area contributed by atoms with Crippen molar-refractivity contribution in [3.8, 4) is 17.1 Å². The highest BCUT2D eigenvalue weighted by molar-refractivity contribution is 5.54. The Balaban J connectivity index is 1.21. The van der Waals surface area contributed by atoms with Crippen LogP contribution in [0.2, 0.25) is 0 Å². The van der Waals surface area contributed by atoms with Gasteiger partial charge in [0.15, 0.2) is 0 Å². The van der Waals surface area contributed by atoms with Gasteiger partial charge >= 0.3 is 0 Å². The van der Waals surface area contributed by atoms with Crippen LogP contribution in [0.5, 0.6) is 5.75 Å². The van der Waals surface area contributed by atoms with E-state index in [1.807, 2.05) is 30.3 Å². The van der Waals surface area contributed by atoms with Gasteiger partial charge < -0.3 is 9.26 Å². The van der Waals surface area contributed by atoms with E-state index >= 15 is 0 Å². The molecule has 6 heteroatoms. The third-order valence-corrected chi connectivity index (χ3v) is 5.36. The molecule has 1 aliphatic rings. The van der Waals surface area contributed by atoms with Gasteiger partial charge in [-0.1, -0.05) is 53.2 Å². The summed E-state index contributed by atoms with van der Waals surface area (Å²) in [5, 5.41) is 4.13. The van der Waals surface area contributed by atoms with Crippen LogP contribution < -0.4 is 4.74 Å². The van der Waals surface area contributed by atoms with Crippen molar-refractivity contribution in [3.05, 3.63) is 65.5 Å². The quantitative estimate of drug-likeness (QED) is 0.613. The molecule has 0 N–H and O–H groups in total. The molecule has 1 fully saturated rings. The fourth-order valence-corrected chi connectivity index (χ4v) is 3.50. The van der Waals surface area contributed by atoms with E-state index in [1.165, 1.54) is 11.1 Å². The number of rotatable bonds is 7. The highest BCUT2D eigenvalue weighted by Crippen LogP contribution is 2.18. The normalized spacial score (nSPS) is 15.5. The predicted molar refractivity (Wildman–Crippen MR) is 113 cm³/mol. The Bertz CT molecular complexity index is 915. The molecule has 0 bridgehead atoms. The van der Waals surface area contributed by atoms with Gasteiger partial charge in [0.25, 0.3) is 0 Å². The maximum absolute atomic E-state index is 5.93. The lowest BCUT2D eigenvalue weighted by Gasteiger charge is -2.33. The lowest BCUT2D eigenvalue weighted by molar-refractivity contribution is 0.104. The first-order valence-electron chi connectivity index (χ1n) is 10.2. The SMILES string of the molecule is Cc1ccc(-c2noc(CN3CCN(CCOc4ccccc4C)CC3)n2)cc1. The zero-order valence-electron chi connectivity index (χ0n) is 17.2. The molecule has 152 valence electrons. The molecule has 0 radical (unpaired) electrons. The molecule has 4 rings (SSSR count). The number of piperazine rings is 1. The van der Waals surface area contributed by atoms with E-state index < -0.39 is 0 Å². The Labute approximate surface area is 172 Å². The van der Waals surface area contributed by atoms with Crippen LogP contribution in [-0.4, -0.2) is 59.3 Å². The standard InChI is InChI=1S/C23H28N4O2/c1-18-7-9-20(10-8-18)23-24-22(29-25-23)17-27-13-11-26(12-14-27)15-16-28-21-6-4-3-5-19(21)2/h3-10H,11-17H2,1-2H3. The first-order valence-corrected chi connectivity index (χ1v) is 10.2. The number of para-hydroxylation sites is 1. The van der Waals surface area contributed by atoms with E-state index in [1.54, 1.807) is 0 Å². The fraction of sp³-hybridized carbons (Fsp3) is 0.391. The third kappa shape index (κ3) is 5.22. The van der Waals surface area contributed by atoms with E-state index in [-0.39, 0.29) is 0 Å². The number of ether oxygens (including phenoxy) is 1. The lowest BCUT2D eigenvalue weighted by Crippen LogP contribution is -2.47. The highest BCUT2D eigenvalue weighted by atomic mass is 16.5. The van der Waals surface area contributed by atoms with E-state index in [4.69, 9.17) is 9.26 Å². The second kappa shape index (κ2) is 9.20. The Morgan fingerprint density at radius 3 is 2.41 bits per heavy atom. The number of nitrogens with zero attached hydrogens (tertiary/aromatic N) is 4. The zero-order valence-corrected chi connectivity index (χ0v) is 17.2. The van der Waals surface area contributed by atoms with E-state index in [9.17, 15) is 0 Å². The van der Waals surface area contributed by atoms with Crippen LogP contribution in [0.3, 0.4) is 0 Å². The fourth-order valence-electron chi connectivity index (χ4n) is 3.50. The topological polar surface area (TPSA) is 54.6 Å². The molecule has 0 aliphatic carbocycles. The summed E-state index contributed by atoms with van der Waals surface area (Å²) < 4.78 is 11.4. The van der Waals surface area contributed by atoms with Crippen molar-refractivity contribution in [1.82, 2.24) is 19.9 Å². The molecule has 1 aliphatic heterocycles. The summed E-state index contributed by atoms with van der Waals surface area (Å²) in [5.74, 6) is 2.32. The second-order valence-electron chi connectivity index (χ2n) is 7.61. The van der Waals surface area contributed by atoms with E-state index in [2.05, 4.69) is 52.0 Å². The van der Waals surface area contributed by atoms with Crippen molar-refractivity contribution in [2.75, 3.05) is 39.3 Å². The van der Waals surface area contributed by atoms with Crippen LogP contribution in [-0.2, 0) is 6.54 Å². The van der Waals surface area contributed by atoms with Crippen molar-refractivity contribution >= 4 is 0 Å². The Kier molecular flexibility index (Phi) is 6.22. The van der Waals surface area contributed by atoms with Gasteiger partial charge in [0.1, 0.15) is 12.4 Å². The minimum absolute atomic E-state index is 0.659. The summed E-state index contributed by atoms with van der Waals surface area (Å²) in [7, 11) is 0. The summed E-state index contributed by atoms with van der Waals surface area (Å²) in [6, 6.07) is 16.3. The number of hydrogen-bond acceptors (Lipinski definition) is 6. The minimum atomic E-state index is 0.659. The third-order valence-electron chi connectivity index (χ3n) is 5.36. The number of hydrogen-bond donors (Lipinski definition) is 0. The summed E-state index contributed by atoms with van der Waals surface area (Å²) in [6.45, 7) is 10.5. The summed E-state index contributed by atoms with van der Waals surface area (Å²) in [5.41, 5.74) is 3.39. The molecule has 0 amide bonds. The lowest BCUT2D eigenvalue weighted by atomic mass is 10.1. The molecule has 1 saturated heterocycles. The molecule has 0 spiro atoms. The molecular weight excluding hydrogens is 364 g/mol. The average Bonchev–Trinajstić information content (AvgIpc) is 3.20. The zero-order chi connectivity index (χ0) is 20.1. The molecule has 3 aromatic rings. The van der Waals surface area contributed by atoms with Gasteiger partial charge in [-0.2, -0.15) is 4.98 Å². The maximum Gasteiger partial charge on any atom is 0.241 e. The Morgan fingerprint density at radius 2 is 1.66 bits per heavy atom. The van der Waals surface area contributed by atoms with Crippen molar-refractivity contribution in [1.29, 1.82) is 0 Å². The predicted octanol–water partition coefficient (Wildman–Crippen LogP) is 3.55. The Hall–Kier alpha value is -2.70. The summed E-state index contributed by atoms with van der Waals surface area (Å²) in [4.78, 5) is 9.37. The molecule has 2 aromatic carbocycles. The maximum atomic E-state index is 5.93. The van der Waals surface area contributed by atoms with Gasteiger partial charge in [-0.25, -0.2) is 0 Å². The van der Waals surface area contributed by atoms with Gasteiger partial charge in [-0.15, -0.1) is 0 Å². The molecule has 0 saturated carbocycles. The molecule has 29 heavy (non-hydrogen) atoms. The minimum Gasteiger partial charge on any atom is -0.492 e. The van der Waals surface area contributed by atoms with Crippen molar-refractivity contribution in [2.24, 2.45) is 0 Å². The smallest absolute Gasteiger partial charge is 0.241 e. The molecular formula is C23H28N4O2. The van der Waals surface area contributed by atoms with Gasteiger partial charge in [-0.3, -0.25) is 9.80 Å².